The molecule has 2 aromatic rings. The van der Waals surface area contributed by atoms with E-state index in [0.717, 1.165) is 11.3 Å². The van der Waals surface area contributed by atoms with Crippen LogP contribution in [0.3, 0.4) is 0 Å². The monoisotopic (exact) mass is 367 g/mol. The summed E-state index contributed by atoms with van der Waals surface area (Å²) in [4.78, 5) is 29.3. The van der Waals surface area contributed by atoms with E-state index in [0.29, 0.717) is 24.7 Å². The molecule has 0 aliphatic carbocycles. The number of benzene rings is 1. The van der Waals surface area contributed by atoms with Crippen molar-refractivity contribution in [3.63, 3.8) is 0 Å². The molecule has 2 N–H and O–H groups in total. The number of halogens is 2. The normalized spacial score (nSPS) is 17.2. The van der Waals surface area contributed by atoms with Gasteiger partial charge in [0.15, 0.2) is 0 Å². The Morgan fingerprint density at radius 1 is 1.29 bits per heavy atom. The molecule has 1 fully saturated rings. The molecule has 1 aromatic carbocycles. The van der Waals surface area contributed by atoms with Crippen molar-refractivity contribution in [2.75, 3.05) is 19.6 Å². The average Bonchev–Trinajstić information content (AvgIpc) is 2.54. The van der Waals surface area contributed by atoms with Crippen molar-refractivity contribution in [3.05, 3.63) is 68.6 Å². The van der Waals surface area contributed by atoms with Crippen LogP contribution in [0.2, 0.25) is 5.02 Å². The second-order valence-electron chi connectivity index (χ2n) is 5.66. The summed E-state index contributed by atoms with van der Waals surface area (Å²) in [7, 11) is 0. The van der Waals surface area contributed by atoms with Gasteiger partial charge in [-0.05, 0) is 36.8 Å². The van der Waals surface area contributed by atoms with E-state index < -0.39 is 0 Å². The standard InChI is InChI=1S/C17H18ClN3O2.ClH/c1-11-5-6-14(16(22)20-11)17(23)21-8-7-19-10-15(21)12-3-2-4-13(18)9-12;/h2-6,9,15,19H,7-8,10H2,1H3,(H,20,22);1H. The maximum atomic E-state index is 12.8. The van der Waals surface area contributed by atoms with Crippen molar-refractivity contribution < 1.29 is 4.79 Å². The lowest BCUT2D eigenvalue weighted by Gasteiger charge is -2.36. The summed E-state index contributed by atoms with van der Waals surface area (Å²) < 4.78 is 0. The number of carbonyl (C=O) groups is 1. The molecule has 0 spiro atoms. The highest BCUT2D eigenvalue weighted by molar-refractivity contribution is 6.30. The molecule has 1 atom stereocenters. The number of nitrogens with one attached hydrogen (secondary N) is 2. The van der Waals surface area contributed by atoms with E-state index in [-0.39, 0.29) is 35.5 Å². The zero-order valence-electron chi connectivity index (χ0n) is 13.2. The highest BCUT2D eigenvalue weighted by Gasteiger charge is 2.29. The summed E-state index contributed by atoms with van der Waals surface area (Å²) in [6, 6.07) is 10.7. The predicted octanol–water partition coefficient (Wildman–Crippen LogP) is 2.55. The summed E-state index contributed by atoms with van der Waals surface area (Å²) in [6.07, 6.45) is 0. The molecule has 0 radical (unpaired) electrons. The molecule has 128 valence electrons. The summed E-state index contributed by atoms with van der Waals surface area (Å²) in [5.41, 5.74) is 1.52. The first kappa shape index (κ1) is 18.5. The molecule has 1 aliphatic heterocycles. The second kappa shape index (κ2) is 7.83. The molecule has 24 heavy (non-hydrogen) atoms. The van der Waals surface area contributed by atoms with Crippen molar-refractivity contribution in [2.24, 2.45) is 0 Å². The van der Waals surface area contributed by atoms with E-state index in [4.69, 9.17) is 11.6 Å². The van der Waals surface area contributed by atoms with E-state index in [1.165, 1.54) is 0 Å². The van der Waals surface area contributed by atoms with Crippen LogP contribution >= 0.6 is 24.0 Å². The fourth-order valence-corrected chi connectivity index (χ4v) is 3.05. The number of amides is 1. The van der Waals surface area contributed by atoms with Gasteiger partial charge in [0, 0.05) is 30.4 Å². The average molecular weight is 368 g/mol. The minimum Gasteiger partial charge on any atom is -0.329 e. The van der Waals surface area contributed by atoms with Gasteiger partial charge in [0.05, 0.1) is 6.04 Å². The van der Waals surface area contributed by atoms with E-state index in [2.05, 4.69) is 10.3 Å². The van der Waals surface area contributed by atoms with E-state index in [1.54, 1.807) is 30.0 Å². The zero-order chi connectivity index (χ0) is 16.4. The third-order valence-corrected chi connectivity index (χ3v) is 4.26. The molecule has 1 unspecified atom stereocenters. The summed E-state index contributed by atoms with van der Waals surface area (Å²) in [5.74, 6) is -0.252. The number of aromatic amines is 1. The fourth-order valence-electron chi connectivity index (χ4n) is 2.85. The highest BCUT2D eigenvalue weighted by atomic mass is 35.5. The molecule has 1 aliphatic rings. The van der Waals surface area contributed by atoms with Crippen LogP contribution in [0.4, 0.5) is 0 Å². The number of H-pyrrole nitrogens is 1. The molecule has 0 saturated carbocycles. The van der Waals surface area contributed by atoms with Crippen molar-refractivity contribution in [1.29, 1.82) is 0 Å². The van der Waals surface area contributed by atoms with Crippen LogP contribution in [0.1, 0.15) is 27.7 Å². The van der Waals surface area contributed by atoms with Gasteiger partial charge in [-0.2, -0.15) is 0 Å². The maximum absolute atomic E-state index is 12.8. The minimum absolute atomic E-state index is 0. The summed E-state index contributed by atoms with van der Waals surface area (Å²) in [5, 5.41) is 3.92. The van der Waals surface area contributed by atoms with Gasteiger partial charge in [-0.15, -0.1) is 12.4 Å². The first-order chi connectivity index (χ1) is 11.1. The van der Waals surface area contributed by atoms with E-state index in [9.17, 15) is 9.59 Å². The Morgan fingerprint density at radius 2 is 2.08 bits per heavy atom. The van der Waals surface area contributed by atoms with Crippen molar-refractivity contribution in [2.45, 2.75) is 13.0 Å². The van der Waals surface area contributed by atoms with Gasteiger partial charge in [0.2, 0.25) is 0 Å². The van der Waals surface area contributed by atoms with Gasteiger partial charge >= 0.3 is 0 Å². The third-order valence-electron chi connectivity index (χ3n) is 4.02. The quantitative estimate of drug-likeness (QED) is 0.856. The lowest BCUT2D eigenvalue weighted by Crippen LogP contribution is -2.49. The number of piperazine rings is 1. The molecule has 3 rings (SSSR count). The number of aromatic nitrogens is 1. The first-order valence-corrected chi connectivity index (χ1v) is 7.91. The van der Waals surface area contributed by atoms with Crippen LogP contribution in [-0.4, -0.2) is 35.4 Å². The smallest absolute Gasteiger partial charge is 0.260 e. The topological polar surface area (TPSA) is 65.2 Å². The predicted molar refractivity (Wildman–Crippen MR) is 97.1 cm³/mol. The van der Waals surface area contributed by atoms with Crippen LogP contribution in [0.25, 0.3) is 0 Å². The summed E-state index contributed by atoms with van der Waals surface area (Å²) >= 11 is 6.07. The van der Waals surface area contributed by atoms with Crippen molar-refractivity contribution >= 4 is 29.9 Å². The molecule has 1 aromatic heterocycles. The Bertz CT molecular complexity index is 791. The Kier molecular flexibility index (Phi) is 6.04. The molecule has 2 heterocycles. The molecular weight excluding hydrogens is 349 g/mol. The first-order valence-electron chi connectivity index (χ1n) is 7.53. The Hall–Kier alpha value is -1.82. The van der Waals surface area contributed by atoms with Gasteiger partial charge in [-0.25, -0.2) is 0 Å². The summed E-state index contributed by atoms with van der Waals surface area (Å²) in [6.45, 7) is 3.67. The molecular formula is C17H19Cl2N3O2. The Morgan fingerprint density at radius 3 is 2.79 bits per heavy atom. The SMILES string of the molecule is Cc1ccc(C(=O)N2CCNCC2c2cccc(Cl)c2)c(=O)[nH]1.Cl. The fraction of sp³-hybridized carbons (Fsp3) is 0.294. The number of pyridine rings is 1. The van der Waals surface area contributed by atoms with Gasteiger partial charge in [0.1, 0.15) is 5.56 Å². The van der Waals surface area contributed by atoms with E-state index in [1.807, 2.05) is 18.2 Å². The van der Waals surface area contributed by atoms with Gasteiger partial charge in [-0.3, -0.25) is 9.59 Å². The number of hydrogen-bond donors (Lipinski definition) is 2. The van der Waals surface area contributed by atoms with E-state index >= 15 is 0 Å². The zero-order valence-corrected chi connectivity index (χ0v) is 14.8. The molecule has 7 heteroatoms. The number of nitrogens with zero attached hydrogens (tertiary/aromatic N) is 1. The molecule has 1 amide bonds. The molecule has 0 bridgehead atoms. The van der Waals surface area contributed by atoms with Crippen LogP contribution in [0.5, 0.6) is 0 Å². The van der Waals surface area contributed by atoms with Crippen LogP contribution in [0.15, 0.2) is 41.2 Å². The van der Waals surface area contributed by atoms with Gasteiger partial charge in [0.25, 0.3) is 11.5 Å². The van der Waals surface area contributed by atoms with Gasteiger partial charge in [-0.1, -0.05) is 23.7 Å². The number of aryl methyl sites for hydroxylation is 1. The Labute approximate surface area is 151 Å². The lowest BCUT2D eigenvalue weighted by molar-refractivity contribution is 0.0632. The minimum atomic E-state index is -0.349. The number of rotatable bonds is 2. The Balaban J connectivity index is 0.00000208. The van der Waals surface area contributed by atoms with Crippen molar-refractivity contribution in [1.82, 2.24) is 15.2 Å². The molecule has 5 nitrogen and oxygen atoms in total. The number of carbonyl (C=O) groups excluding carboxylic acids is 1. The molecule has 1 saturated heterocycles. The number of hydrogen-bond acceptors (Lipinski definition) is 3. The lowest BCUT2D eigenvalue weighted by atomic mass is 10.0. The van der Waals surface area contributed by atoms with Crippen LogP contribution in [0, 0.1) is 6.92 Å². The van der Waals surface area contributed by atoms with Gasteiger partial charge < -0.3 is 15.2 Å². The largest absolute Gasteiger partial charge is 0.329 e. The van der Waals surface area contributed by atoms with Crippen LogP contribution in [-0.2, 0) is 0 Å². The highest BCUT2D eigenvalue weighted by Crippen LogP contribution is 2.25. The third kappa shape index (κ3) is 3.80. The second-order valence-corrected chi connectivity index (χ2v) is 6.09. The van der Waals surface area contributed by atoms with Crippen LogP contribution < -0.4 is 10.9 Å². The maximum Gasteiger partial charge on any atom is 0.260 e. The van der Waals surface area contributed by atoms with Crippen molar-refractivity contribution in [3.8, 4) is 0 Å².